The van der Waals surface area contributed by atoms with Gasteiger partial charge in [0, 0.05) is 44.2 Å². The number of fused-ring (bicyclic) bond motifs is 1. The van der Waals surface area contributed by atoms with Crippen molar-refractivity contribution in [2.45, 2.75) is 71.1 Å². The average molecular weight is 590 g/mol. The summed E-state index contributed by atoms with van der Waals surface area (Å²) in [6, 6.07) is 15.3. The van der Waals surface area contributed by atoms with Crippen LogP contribution in [0.2, 0.25) is 0 Å². The zero-order valence-electron chi connectivity index (χ0n) is 26.3. The van der Waals surface area contributed by atoms with E-state index in [0.717, 1.165) is 85.4 Å². The number of alkyl halides is 1. The van der Waals surface area contributed by atoms with Gasteiger partial charge in [0.2, 0.25) is 0 Å². The molecule has 7 nitrogen and oxygen atoms in total. The summed E-state index contributed by atoms with van der Waals surface area (Å²) in [5.74, 6) is 1.03. The first-order valence-corrected chi connectivity index (χ1v) is 15.8. The predicted octanol–water partition coefficient (Wildman–Crippen LogP) is 6.62. The molecule has 0 aliphatic carbocycles. The molecule has 0 unspecified atom stereocenters. The van der Waals surface area contributed by atoms with E-state index in [1.54, 1.807) is 0 Å². The van der Waals surface area contributed by atoms with Crippen LogP contribution in [0, 0.1) is 5.92 Å². The number of aromatic nitrogens is 2. The molecular weight excluding hydrogens is 544 g/mol. The molecule has 3 aliphatic rings. The van der Waals surface area contributed by atoms with Crippen molar-refractivity contribution in [2.75, 3.05) is 46.1 Å². The van der Waals surface area contributed by atoms with E-state index in [-0.39, 0.29) is 12.6 Å². The molecule has 3 fully saturated rings. The first kappa shape index (κ1) is 30.3. The van der Waals surface area contributed by atoms with Crippen molar-refractivity contribution in [3.8, 4) is 5.75 Å². The Kier molecular flexibility index (Phi) is 8.71. The van der Waals surface area contributed by atoms with Gasteiger partial charge >= 0.3 is 7.12 Å². The van der Waals surface area contributed by atoms with Gasteiger partial charge in [-0.25, -0.2) is 0 Å². The monoisotopic (exact) mass is 589 g/mol. The third-order valence-electron chi connectivity index (χ3n) is 9.74. The number of allylic oxidation sites excluding steroid dienone is 1. The molecule has 0 saturated carbocycles. The lowest BCUT2D eigenvalue weighted by Crippen LogP contribution is -2.49. The summed E-state index contributed by atoms with van der Waals surface area (Å²) >= 11 is 0. The Morgan fingerprint density at radius 2 is 1.67 bits per heavy atom. The van der Waals surface area contributed by atoms with Crippen LogP contribution in [-0.2, 0) is 14.0 Å². The number of ether oxygens (including phenoxy) is 2. The highest BCUT2D eigenvalue weighted by Gasteiger charge is 2.53. The van der Waals surface area contributed by atoms with Gasteiger partial charge in [0.25, 0.3) is 0 Å². The van der Waals surface area contributed by atoms with E-state index in [2.05, 4.69) is 74.5 Å². The molecule has 6 rings (SSSR count). The first-order valence-electron chi connectivity index (χ1n) is 15.8. The van der Waals surface area contributed by atoms with Crippen molar-refractivity contribution in [3.63, 3.8) is 0 Å². The molecule has 4 heterocycles. The average Bonchev–Trinajstić information content (AvgIpc) is 3.49. The Bertz CT molecular complexity index is 1430. The summed E-state index contributed by atoms with van der Waals surface area (Å²) in [5.41, 5.74) is 4.65. The lowest BCUT2D eigenvalue weighted by Gasteiger charge is -2.37. The smallest absolute Gasteiger partial charge is 0.492 e. The molecule has 0 amide bonds. The first-order chi connectivity index (χ1) is 20.7. The minimum atomic E-state index is -0.511. The fourth-order valence-electron chi connectivity index (χ4n) is 6.41. The number of nitrogens with zero attached hydrogens (tertiary/aromatic N) is 3. The number of rotatable bonds is 10. The van der Waals surface area contributed by atoms with Gasteiger partial charge in [0.05, 0.1) is 35.6 Å². The van der Waals surface area contributed by atoms with E-state index in [9.17, 15) is 4.39 Å². The lowest BCUT2D eigenvalue weighted by atomic mass is 9.69. The van der Waals surface area contributed by atoms with Crippen LogP contribution in [0.1, 0.15) is 71.0 Å². The standard InChI is InChI=1S/C34H45BFN3O4/c1-6-30(25-7-10-29(11-8-25)41-18-15-38-22-24(20-36)23-38)32(35-42-33(2,3)34(4,5)43-35)26-9-12-31-27(19-26)21-37-39(31)28-13-16-40-17-14-28/h7-12,19,21,24,28H,6,13-18,20,22-23H2,1-5H3/b32-30-. The van der Waals surface area contributed by atoms with Crippen LogP contribution < -0.4 is 4.74 Å². The summed E-state index contributed by atoms with van der Waals surface area (Å²) in [6.45, 7) is 15.0. The van der Waals surface area contributed by atoms with E-state index < -0.39 is 18.3 Å². The molecule has 0 spiro atoms. The van der Waals surface area contributed by atoms with Crippen molar-refractivity contribution < 1.29 is 23.2 Å². The predicted molar refractivity (Wildman–Crippen MR) is 170 cm³/mol. The molecular formula is C34H45BFN3O4. The number of hydrogen-bond acceptors (Lipinski definition) is 6. The van der Waals surface area contributed by atoms with Gasteiger partial charge in [-0.05, 0) is 93.4 Å². The molecule has 43 heavy (non-hydrogen) atoms. The van der Waals surface area contributed by atoms with Crippen LogP contribution in [0.25, 0.3) is 21.9 Å². The Balaban J connectivity index is 1.30. The largest absolute Gasteiger partial charge is 0.495 e. The van der Waals surface area contributed by atoms with Crippen LogP contribution in [0.4, 0.5) is 4.39 Å². The van der Waals surface area contributed by atoms with Crippen molar-refractivity contribution in [1.82, 2.24) is 14.7 Å². The minimum absolute atomic E-state index is 0.195. The second-order valence-electron chi connectivity index (χ2n) is 13.2. The molecule has 230 valence electrons. The van der Waals surface area contributed by atoms with E-state index >= 15 is 0 Å². The van der Waals surface area contributed by atoms with Crippen LogP contribution >= 0.6 is 0 Å². The number of hydrogen-bond donors (Lipinski definition) is 0. The molecule has 9 heteroatoms. The van der Waals surface area contributed by atoms with Crippen molar-refractivity contribution in [3.05, 3.63) is 59.8 Å². The highest BCUT2D eigenvalue weighted by molar-refractivity contribution is 6.71. The highest BCUT2D eigenvalue weighted by atomic mass is 19.1. The minimum Gasteiger partial charge on any atom is -0.492 e. The molecule has 0 atom stereocenters. The second kappa shape index (κ2) is 12.3. The van der Waals surface area contributed by atoms with Gasteiger partial charge in [0.1, 0.15) is 12.4 Å². The third-order valence-corrected chi connectivity index (χ3v) is 9.74. The maximum absolute atomic E-state index is 12.7. The zero-order chi connectivity index (χ0) is 30.2. The Hall–Kier alpha value is -2.72. The molecule has 0 bridgehead atoms. The molecule has 0 N–H and O–H groups in total. The Morgan fingerprint density at radius 1 is 1.00 bits per heavy atom. The van der Waals surface area contributed by atoms with E-state index in [4.69, 9.17) is 23.9 Å². The van der Waals surface area contributed by atoms with Crippen LogP contribution in [0.5, 0.6) is 5.75 Å². The number of halogens is 1. The summed E-state index contributed by atoms with van der Waals surface area (Å²) in [6.07, 6.45) is 4.75. The molecule has 3 aromatic rings. The second-order valence-corrected chi connectivity index (χ2v) is 13.2. The maximum Gasteiger partial charge on any atom is 0.495 e. The fraction of sp³-hybridized carbons (Fsp3) is 0.559. The summed E-state index contributed by atoms with van der Waals surface area (Å²) in [4.78, 5) is 2.23. The highest BCUT2D eigenvalue weighted by Crippen LogP contribution is 2.44. The molecule has 2 aromatic carbocycles. The fourth-order valence-corrected chi connectivity index (χ4v) is 6.41. The SMILES string of the molecule is CC/C(=C(/B1OC(C)(C)C(C)(C)O1)c1ccc2c(cnn2C2CCOCC2)c1)c1ccc(OCCN2CC(CF)C2)cc1. The Labute approximate surface area is 255 Å². The van der Waals surface area contributed by atoms with Crippen LogP contribution in [-0.4, -0.2) is 79.1 Å². The van der Waals surface area contributed by atoms with Gasteiger partial charge in [-0.15, -0.1) is 0 Å². The zero-order valence-corrected chi connectivity index (χ0v) is 26.3. The van der Waals surface area contributed by atoms with Crippen molar-refractivity contribution in [1.29, 1.82) is 0 Å². The topological polar surface area (TPSA) is 58.0 Å². The quantitative estimate of drug-likeness (QED) is 0.196. The van der Waals surface area contributed by atoms with E-state index in [1.165, 1.54) is 5.57 Å². The van der Waals surface area contributed by atoms with Crippen molar-refractivity contribution >= 4 is 29.1 Å². The maximum atomic E-state index is 12.7. The van der Waals surface area contributed by atoms with Gasteiger partial charge in [-0.3, -0.25) is 14.0 Å². The molecule has 1 aromatic heterocycles. The normalized spacial score (nSPS) is 21.7. The molecule has 3 aliphatic heterocycles. The third kappa shape index (κ3) is 6.14. The number of likely N-dealkylation sites (tertiary alicyclic amines) is 1. The van der Waals surface area contributed by atoms with Crippen LogP contribution in [0.15, 0.2) is 48.7 Å². The van der Waals surface area contributed by atoms with Gasteiger partial charge in [0.15, 0.2) is 0 Å². The van der Waals surface area contributed by atoms with Crippen LogP contribution in [0.3, 0.4) is 0 Å². The van der Waals surface area contributed by atoms with E-state index in [1.807, 2.05) is 18.3 Å². The Morgan fingerprint density at radius 3 is 2.33 bits per heavy atom. The molecule has 3 saturated heterocycles. The molecule has 0 radical (unpaired) electrons. The lowest BCUT2D eigenvalue weighted by molar-refractivity contribution is 0.00578. The summed E-state index contributed by atoms with van der Waals surface area (Å²) < 4.78 is 39.8. The summed E-state index contributed by atoms with van der Waals surface area (Å²) in [7, 11) is -0.511. The van der Waals surface area contributed by atoms with Gasteiger partial charge < -0.3 is 18.8 Å². The van der Waals surface area contributed by atoms with E-state index in [0.29, 0.717) is 12.6 Å². The van der Waals surface area contributed by atoms with Gasteiger partial charge in [-0.2, -0.15) is 5.10 Å². The van der Waals surface area contributed by atoms with Crippen molar-refractivity contribution in [2.24, 2.45) is 5.92 Å². The van der Waals surface area contributed by atoms with Gasteiger partial charge in [-0.1, -0.05) is 25.1 Å². The number of benzene rings is 2. The summed E-state index contributed by atoms with van der Waals surface area (Å²) in [5, 5.41) is 5.91.